The van der Waals surface area contributed by atoms with E-state index in [1.54, 1.807) is 6.07 Å². The quantitative estimate of drug-likeness (QED) is 0.928. The SMILES string of the molecule is Cc1ccc(C)n1-c1ccc(Cl)c(C(=O)NCC2CCCO2)c1. The van der Waals surface area contributed by atoms with Crippen molar-refractivity contribution in [1.82, 2.24) is 9.88 Å². The predicted octanol–water partition coefficient (Wildman–Crippen LogP) is 3.66. The van der Waals surface area contributed by atoms with E-state index in [4.69, 9.17) is 16.3 Å². The molecular formula is C18H21ClN2O2. The monoisotopic (exact) mass is 332 g/mol. The maximum Gasteiger partial charge on any atom is 0.252 e. The van der Waals surface area contributed by atoms with E-state index >= 15 is 0 Å². The molecule has 1 atom stereocenters. The van der Waals surface area contributed by atoms with Crippen LogP contribution in [0.15, 0.2) is 30.3 Å². The van der Waals surface area contributed by atoms with Crippen LogP contribution in [0, 0.1) is 13.8 Å². The second-order valence-electron chi connectivity index (χ2n) is 5.96. The Morgan fingerprint density at radius 3 is 2.70 bits per heavy atom. The Bertz CT molecular complexity index is 698. The number of amides is 1. The van der Waals surface area contributed by atoms with Crippen molar-refractivity contribution in [2.75, 3.05) is 13.2 Å². The molecule has 0 aliphatic carbocycles. The summed E-state index contributed by atoms with van der Waals surface area (Å²) in [5.74, 6) is -0.158. The van der Waals surface area contributed by atoms with E-state index in [0.717, 1.165) is 36.5 Å². The van der Waals surface area contributed by atoms with Gasteiger partial charge < -0.3 is 14.6 Å². The molecule has 1 saturated heterocycles. The molecule has 0 saturated carbocycles. The van der Waals surface area contributed by atoms with Gasteiger partial charge in [-0.05, 0) is 57.0 Å². The van der Waals surface area contributed by atoms with Crippen LogP contribution in [-0.2, 0) is 4.74 Å². The van der Waals surface area contributed by atoms with Gasteiger partial charge in [-0.2, -0.15) is 0 Å². The third kappa shape index (κ3) is 3.43. The first-order chi connectivity index (χ1) is 11.1. The lowest BCUT2D eigenvalue weighted by Gasteiger charge is -2.14. The third-order valence-electron chi connectivity index (χ3n) is 4.24. The maximum absolute atomic E-state index is 12.5. The van der Waals surface area contributed by atoms with Gasteiger partial charge >= 0.3 is 0 Å². The van der Waals surface area contributed by atoms with Crippen molar-refractivity contribution in [3.8, 4) is 5.69 Å². The number of benzene rings is 1. The van der Waals surface area contributed by atoms with Gasteiger partial charge in [-0.25, -0.2) is 0 Å². The summed E-state index contributed by atoms with van der Waals surface area (Å²) >= 11 is 6.23. The number of carbonyl (C=O) groups excluding carboxylic acids is 1. The van der Waals surface area contributed by atoms with Crippen molar-refractivity contribution in [2.24, 2.45) is 0 Å². The lowest BCUT2D eigenvalue weighted by Crippen LogP contribution is -2.32. The molecule has 3 rings (SSSR count). The Morgan fingerprint density at radius 2 is 2.04 bits per heavy atom. The van der Waals surface area contributed by atoms with E-state index in [-0.39, 0.29) is 12.0 Å². The molecule has 2 aromatic rings. The molecule has 1 N–H and O–H groups in total. The zero-order valence-corrected chi connectivity index (χ0v) is 14.2. The summed E-state index contributed by atoms with van der Waals surface area (Å²) in [4.78, 5) is 12.5. The van der Waals surface area contributed by atoms with Crippen molar-refractivity contribution >= 4 is 17.5 Å². The number of aryl methyl sites for hydroxylation is 2. The molecule has 0 spiro atoms. The largest absolute Gasteiger partial charge is 0.376 e. The number of ether oxygens (including phenoxy) is 1. The van der Waals surface area contributed by atoms with Crippen LogP contribution in [-0.4, -0.2) is 29.7 Å². The summed E-state index contributed by atoms with van der Waals surface area (Å²) in [6.07, 6.45) is 2.17. The summed E-state index contributed by atoms with van der Waals surface area (Å²) in [7, 11) is 0. The molecule has 1 aliphatic rings. The van der Waals surface area contributed by atoms with Crippen molar-refractivity contribution in [3.63, 3.8) is 0 Å². The highest BCUT2D eigenvalue weighted by molar-refractivity contribution is 6.33. The van der Waals surface area contributed by atoms with Gasteiger partial charge in [0, 0.05) is 30.2 Å². The molecule has 4 nitrogen and oxygen atoms in total. The fraction of sp³-hybridized carbons (Fsp3) is 0.389. The summed E-state index contributed by atoms with van der Waals surface area (Å²) in [5.41, 5.74) is 3.68. The second-order valence-corrected chi connectivity index (χ2v) is 6.37. The van der Waals surface area contributed by atoms with Crippen LogP contribution in [0.1, 0.15) is 34.6 Å². The average Bonchev–Trinajstić information content (AvgIpc) is 3.16. The van der Waals surface area contributed by atoms with Gasteiger partial charge in [0.15, 0.2) is 0 Å². The van der Waals surface area contributed by atoms with E-state index < -0.39 is 0 Å². The van der Waals surface area contributed by atoms with Gasteiger partial charge in [-0.15, -0.1) is 0 Å². The summed E-state index contributed by atoms with van der Waals surface area (Å²) in [5, 5.41) is 3.39. The Labute approximate surface area is 141 Å². The number of aromatic nitrogens is 1. The fourth-order valence-electron chi connectivity index (χ4n) is 3.01. The molecule has 23 heavy (non-hydrogen) atoms. The highest BCUT2D eigenvalue weighted by Crippen LogP contribution is 2.23. The summed E-state index contributed by atoms with van der Waals surface area (Å²) in [6, 6.07) is 9.66. The van der Waals surface area contributed by atoms with Crippen LogP contribution in [0.3, 0.4) is 0 Å². The molecule has 1 aromatic carbocycles. The Morgan fingerprint density at radius 1 is 1.30 bits per heavy atom. The van der Waals surface area contributed by atoms with Gasteiger partial charge in [0.25, 0.3) is 5.91 Å². The molecule has 0 bridgehead atoms. The van der Waals surface area contributed by atoms with Gasteiger partial charge in [0.05, 0.1) is 16.7 Å². The van der Waals surface area contributed by atoms with Crippen molar-refractivity contribution in [1.29, 1.82) is 0 Å². The average molecular weight is 333 g/mol. The van der Waals surface area contributed by atoms with E-state index in [2.05, 4.69) is 22.0 Å². The molecule has 5 heteroatoms. The second kappa shape index (κ2) is 6.77. The van der Waals surface area contributed by atoms with Crippen LogP contribution in [0.4, 0.5) is 0 Å². The highest BCUT2D eigenvalue weighted by Gasteiger charge is 2.18. The topological polar surface area (TPSA) is 43.3 Å². The van der Waals surface area contributed by atoms with Crippen molar-refractivity contribution in [2.45, 2.75) is 32.8 Å². The molecule has 1 aliphatic heterocycles. The number of hydrogen-bond donors (Lipinski definition) is 1. The zero-order chi connectivity index (χ0) is 16.4. The van der Waals surface area contributed by atoms with Gasteiger partial charge in [0.1, 0.15) is 0 Å². The van der Waals surface area contributed by atoms with E-state index in [1.165, 1.54) is 0 Å². The normalized spacial score (nSPS) is 17.4. The van der Waals surface area contributed by atoms with Gasteiger partial charge in [-0.1, -0.05) is 11.6 Å². The van der Waals surface area contributed by atoms with Gasteiger partial charge in [0.2, 0.25) is 0 Å². The number of hydrogen-bond acceptors (Lipinski definition) is 2. The summed E-state index contributed by atoms with van der Waals surface area (Å²) < 4.78 is 7.64. The molecular weight excluding hydrogens is 312 g/mol. The van der Waals surface area contributed by atoms with E-state index in [1.807, 2.05) is 26.0 Å². The van der Waals surface area contributed by atoms with Crippen LogP contribution in [0.25, 0.3) is 5.69 Å². The van der Waals surface area contributed by atoms with Crippen LogP contribution < -0.4 is 5.32 Å². The van der Waals surface area contributed by atoms with Crippen LogP contribution in [0.5, 0.6) is 0 Å². The van der Waals surface area contributed by atoms with E-state index in [0.29, 0.717) is 17.1 Å². The maximum atomic E-state index is 12.5. The predicted molar refractivity (Wildman–Crippen MR) is 91.6 cm³/mol. The zero-order valence-electron chi connectivity index (χ0n) is 13.4. The molecule has 1 fully saturated rings. The van der Waals surface area contributed by atoms with Crippen molar-refractivity contribution < 1.29 is 9.53 Å². The minimum atomic E-state index is -0.158. The molecule has 122 valence electrons. The minimum Gasteiger partial charge on any atom is -0.376 e. The first kappa shape index (κ1) is 16.1. The van der Waals surface area contributed by atoms with Crippen molar-refractivity contribution in [3.05, 3.63) is 52.3 Å². The first-order valence-corrected chi connectivity index (χ1v) is 8.29. The first-order valence-electron chi connectivity index (χ1n) is 7.91. The molecule has 1 unspecified atom stereocenters. The lowest BCUT2D eigenvalue weighted by atomic mass is 10.1. The number of halogens is 1. The minimum absolute atomic E-state index is 0.120. The lowest BCUT2D eigenvalue weighted by molar-refractivity contribution is 0.0858. The Kier molecular flexibility index (Phi) is 4.74. The smallest absolute Gasteiger partial charge is 0.252 e. The van der Waals surface area contributed by atoms with Crippen LogP contribution >= 0.6 is 11.6 Å². The van der Waals surface area contributed by atoms with E-state index in [9.17, 15) is 4.79 Å². The fourth-order valence-corrected chi connectivity index (χ4v) is 3.21. The highest BCUT2D eigenvalue weighted by atomic mass is 35.5. The standard InChI is InChI=1S/C18H21ClN2O2/c1-12-5-6-13(2)21(12)14-7-8-17(19)16(10-14)18(22)20-11-15-4-3-9-23-15/h5-8,10,15H,3-4,9,11H2,1-2H3,(H,20,22). The third-order valence-corrected chi connectivity index (χ3v) is 4.57. The molecule has 1 aromatic heterocycles. The number of nitrogens with zero attached hydrogens (tertiary/aromatic N) is 1. The number of carbonyl (C=O) groups is 1. The Hall–Kier alpha value is -1.78. The number of nitrogens with one attached hydrogen (secondary N) is 1. The molecule has 2 heterocycles. The molecule has 1 amide bonds. The Balaban J connectivity index is 1.81. The van der Waals surface area contributed by atoms with Gasteiger partial charge in [-0.3, -0.25) is 4.79 Å². The molecule has 0 radical (unpaired) electrons. The summed E-state index contributed by atoms with van der Waals surface area (Å²) in [6.45, 7) is 5.39. The van der Waals surface area contributed by atoms with Crippen LogP contribution in [0.2, 0.25) is 5.02 Å². The number of rotatable bonds is 4.